The number of hydrogen-bond acceptors (Lipinski definition) is 3. The Morgan fingerprint density at radius 2 is 2.15 bits per heavy atom. The van der Waals surface area contributed by atoms with E-state index in [9.17, 15) is 4.79 Å². The summed E-state index contributed by atoms with van der Waals surface area (Å²) in [6.07, 6.45) is 0. The first-order valence-electron chi connectivity index (χ1n) is 6.84. The van der Waals surface area contributed by atoms with Gasteiger partial charge in [0.15, 0.2) is 0 Å². The lowest BCUT2D eigenvalue weighted by molar-refractivity contribution is 0.0636. The van der Waals surface area contributed by atoms with Crippen LogP contribution in [0.5, 0.6) is 0 Å². The number of anilines is 1. The first-order chi connectivity index (χ1) is 9.51. The van der Waals surface area contributed by atoms with Gasteiger partial charge in [-0.1, -0.05) is 11.6 Å². The number of nitrogens with zero attached hydrogens (tertiary/aromatic N) is 1. The third-order valence-electron chi connectivity index (χ3n) is 3.00. The summed E-state index contributed by atoms with van der Waals surface area (Å²) in [7, 11) is 1.63. The van der Waals surface area contributed by atoms with E-state index in [0.29, 0.717) is 23.7 Å². The predicted octanol–water partition coefficient (Wildman–Crippen LogP) is 3.27. The van der Waals surface area contributed by atoms with E-state index < -0.39 is 0 Å². The van der Waals surface area contributed by atoms with Gasteiger partial charge in [0.2, 0.25) is 0 Å². The zero-order valence-electron chi connectivity index (χ0n) is 12.6. The van der Waals surface area contributed by atoms with Gasteiger partial charge in [-0.25, -0.2) is 0 Å². The first-order valence-corrected chi connectivity index (χ1v) is 7.22. The van der Waals surface area contributed by atoms with Gasteiger partial charge in [-0.2, -0.15) is 0 Å². The minimum absolute atomic E-state index is 0.0319. The maximum atomic E-state index is 12.7. The molecule has 112 valence electrons. The molecule has 0 saturated heterocycles. The van der Waals surface area contributed by atoms with E-state index in [2.05, 4.69) is 5.32 Å². The zero-order chi connectivity index (χ0) is 15.1. The molecule has 0 unspecified atom stereocenters. The highest BCUT2D eigenvalue weighted by Crippen LogP contribution is 2.23. The number of nitrogens with one attached hydrogen (secondary N) is 1. The summed E-state index contributed by atoms with van der Waals surface area (Å²) in [5.41, 5.74) is 1.41. The van der Waals surface area contributed by atoms with Crippen molar-refractivity contribution in [2.45, 2.75) is 26.8 Å². The number of amides is 1. The summed E-state index contributed by atoms with van der Waals surface area (Å²) in [4.78, 5) is 14.5. The SMILES string of the molecule is CCNc1ccc(Cl)cc1C(=O)N(CCOC)C(C)C. The molecule has 0 aliphatic carbocycles. The number of hydrogen-bond donors (Lipinski definition) is 1. The van der Waals surface area contributed by atoms with Gasteiger partial charge < -0.3 is 15.0 Å². The number of carbonyl (C=O) groups excluding carboxylic acids is 1. The molecular weight excluding hydrogens is 276 g/mol. The van der Waals surface area contributed by atoms with Crippen molar-refractivity contribution in [3.63, 3.8) is 0 Å². The Labute approximate surface area is 126 Å². The van der Waals surface area contributed by atoms with Crippen LogP contribution in [0.25, 0.3) is 0 Å². The first kappa shape index (κ1) is 16.8. The van der Waals surface area contributed by atoms with Crippen molar-refractivity contribution in [1.29, 1.82) is 0 Å². The molecule has 0 aliphatic heterocycles. The van der Waals surface area contributed by atoms with E-state index in [4.69, 9.17) is 16.3 Å². The number of methoxy groups -OCH3 is 1. The van der Waals surface area contributed by atoms with Gasteiger partial charge in [0.1, 0.15) is 0 Å². The Morgan fingerprint density at radius 1 is 1.45 bits per heavy atom. The molecule has 0 aromatic heterocycles. The van der Waals surface area contributed by atoms with Crippen LogP contribution in [-0.2, 0) is 4.74 Å². The second-order valence-electron chi connectivity index (χ2n) is 4.81. The molecule has 1 aromatic rings. The van der Waals surface area contributed by atoms with Gasteiger partial charge in [0.05, 0.1) is 12.2 Å². The number of carbonyl (C=O) groups is 1. The van der Waals surface area contributed by atoms with E-state index >= 15 is 0 Å². The fourth-order valence-electron chi connectivity index (χ4n) is 1.98. The summed E-state index contributed by atoms with van der Waals surface area (Å²) in [6.45, 7) is 7.80. The molecule has 20 heavy (non-hydrogen) atoms. The lowest BCUT2D eigenvalue weighted by atomic mass is 10.1. The van der Waals surface area contributed by atoms with Crippen LogP contribution < -0.4 is 5.32 Å². The highest BCUT2D eigenvalue weighted by Gasteiger charge is 2.21. The number of halogens is 1. The molecule has 5 heteroatoms. The Bertz CT molecular complexity index is 449. The molecule has 0 spiro atoms. The number of ether oxygens (including phenoxy) is 1. The third-order valence-corrected chi connectivity index (χ3v) is 3.23. The zero-order valence-corrected chi connectivity index (χ0v) is 13.3. The molecule has 0 atom stereocenters. The second-order valence-corrected chi connectivity index (χ2v) is 5.24. The summed E-state index contributed by atoms with van der Waals surface area (Å²) >= 11 is 6.03. The molecule has 1 N–H and O–H groups in total. The van der Waals surface area contributed by atoms with Gasteiger partial charge in [0, 0.05) is 37.0 Å². The topological polar surface area (TPSA) is 41.6 Å². The number of benzene rings is 1. The quantitative estimate of drug-likeness (QED) is 0.840. The van der Waals surface area contributed by atoms with Gasteiger partial charge in [-0.05, 0) is 39.0 Å². The van der Waals surface area contributed by atoms with Gasteiger partial charge in [-0.3, -0.25) is 4.79 Å². The van der Waals surface area contributed by atoms with Crippen molar-refractivity contribution >= 4 is 23.2 Å². The summed E-state index contributed by atoms with van der Waals surface area (Å²) in [6, 6.07) is 5.44. The fourth-order valence-corrected chi connectivity index (χ4v) is 2.15. The molecule has 0 saturated carbocycles. The van der Waals surface area contributed by atoms with Crippen molar-refractivity contribution < 1.29 is 9.53 Å². The van der Waals surface area contributed by atoms with Gasteiger partial charge in [0.25, 0.3) is 5.91 Å². The highest BCUT2D eigenvalue weighted by atomic mass is 35.5. The minimum atomic E-state index is -0.0319. The minimum Gasteiger partial charge on any atom is -0.385 e. The lowest BCUT2D eigenvalue weighted by Crippen LogP contribution is -2.39. The molecule has 0 radical (unpaired) electrons. The van der Waals surface area contributed by atoms with Crippen LogP contribution >= 0.6 is 11.6 Å². The van der Waals surface area contributed by atoms with Crippen LogP contribution in [0.4, 0.5) is 5.69 Å². The smallest absolute Gasteiger partial charge is 0.256 e. The van der Waals surface area contributed by atoms with E-state index in [-0.39, 0.29) is 11.9 Å². The monoisotopic (exact) mass is 298 g/mol. The fraction of sp³-hybridized carbons (Fsp3) is 0.533. The third kappa shape index (κ3) is 4.39. The molecule has 1 aromatic carbocycles. The van der Waals surface area contributed by atoms with Crippen molar-refractivity contribution in [2.24, 2.45) is 0 Å². The van der Waals surface area contributed by atoms with Gasteiger partial charge in [-0.15, -0.1) is 0 Å². The maximum absolute atomic E-state index is 12.7. The normalized spacial score (nSPS) is 10.7. The number of rotatable bonds is 7. The molecule has 1 amide bonds. The van der Waals surface area contributed by atoms with E-state index in [1.54, 1.807) is 24.1 Å². The molecule has 0 fully saturated rings. The largest absolute Gasteiger partial charge is 0.385 e. The van der Waals surface area contributed by atoms with Crippen molar-refractivity contribution in [1.82, 2.24) is 4.90 Å². The summed E-state index contributed by atoms with van der Waals surface area (Å²) in [5, 5.41) is 3.76. The second kappa shape index (κ2) is 8.12. The Morgan fingerprint density at radius 3 is 2.70 bits per heavy atom. The molecule has 0 heterocycles. The van der Waals surface area contributed by atoms with E-state index in [1.165, 1.54) is 0 Å². The van der Waals surface area contributed by atoms with Crippen LogP contribution in [0.1, 0.15) is 31.1 Å². The van der Waals surface area contributed by atoms with Crippen molar-refractivity contribution in [3.8, 4) is 0 Å². The van der Waals surface area contributed by atoms with Crippen LogP contribution in [0.3, 0.4) is 0 Å². The van der Waals surface area contributed by atoms with E-state index in [1.807, 2.05) is 26.8 Å². The van der Waals surface area contributed by atoms with Gasteiger partial charge >= 0.3 is 0 Å². The maximum Gasteiger partial charge on any atom is 0.256 e. The molecule has 0 aliphatic rings. The summed E-state index contributed by atoms with van der Waals surface area (Å²) < 4.78 is 5.07. The Balaban J connectivity index is 3.06. The molecule has 1 rings (SSSR count). The molecule has 0 bridgehead atoms. The van der Waals surface area contributed by atoms with E-state index in [0.717, 1.165) is 12.2 Å². The summed E-state index contributed by atoms with van der Waals surface area (Å²) in [5.74, 6) is -0.0319. The van der Waals surface area contributed by atoms with Crippen LogP contribution in [0.2, 0.25) is 5.02 Å². The van der Waals surface area contributed by atoms with Crippen molar-refractivity contribution in [3.05, 3.63) is 28.8 Å². The van der Waals surface area contributed by atoms with Crippen molar-refractivity contribution in [2.75, 3.05) is 32.1 Å². The standard InChI is InChI=1S/C15H23ClN2O2/c1-5-17-14-7-6-12(16)10-13(14)15(19)18(11(2)3)8-9-20-4/h6-7,10-11,17H,5,8-9H2,1-4H3. The van der Waals surface area contributed by atoms with Crippen LogP contribution in [0.15, 0.2) is 18.2 Å². The molecule has 4 nitrogen and oxygen atoms in total. The van der Waals surface area contributed by atoms with Crippen LogP contribution in [-0.4, -0.2) is 43.7 Å². The highest BCUT2D eigenvalue weighted by molar-refractivity contribution is 6.31. The average Bonchev–Trinajstić information content (AvgIpc) is 2.41. The Hall–Kier alpha value is -1.26. The average molecular weight is 299 g/mol. The molecular formula is C15H23ClN2O2. The van der Waals surface area contributed by atoms with Crippen LogP contribution in [0, 0.1) is 0 Å². The lowest BCUT2D eigenvalue weighted by Gasteiger charge is -2.27. The Kier molecular flexibility index (Phi) is 6.82. The predicted molar refractivity (Wildman–Crippen MR) is 83.7 cm³/mol.